The Morgan fingerprint density at radius 3 is 2.39 bits per heavy atom. The number of likely N-dealkylation sites (N-methyl/N-ethyl adjacent to an activating group) is 1. The van der Waals surface area contributed by atoms with Crippen molar-refractivity contribution >= 4 is 23.6 Å². The molecule has 12 nitrogen and oxygen atoms in total. The molecule has 5 N–H and O–H groups in total. The van der Waals surface area contributed by atoms with Crippen molar-refractivity contribution in [3.05, 3.63) is 65.6 Å². The number of nitrogens with two attached hydrogens (primary N) is 2. The third kappa shape index (κ3) is 7.49. The van der Waals surface area contributed by atoms with Gasteiger partial charge in [-0.2, -0.15) is 0 Å². The van der Waals surface area contributed by atoms with E-state index in [4.69, 9.17) is 20.9 Å². The number of primary amides is 1. The molecule has 0 aliphatic rings. The normalized spacial score (nSPS) is 12.8. The molecular formula is C26H37N7O5. The van der Waals surface area contributed by atoms with E-state index >= 15 is 0 Å². The van der Waals surface area contributed by atoms with Crippen LogP contribution in [0.25, 0.3) is 5.65 Å². The number of benzene rings is 1. The van der Waals surface area contributed by atoms with E-state index in [1.165, 1.54) is 14.0 Å². The summed E-state index contributed by atoms with van der Waals surface area (Å²) >= 11 is 0. The lowest BCUT2D eigenvalue weighted by atomic mass is 10.1. The molecule has 0 aliphatic heterocycles. The first-order chi connectivity index (χ1) is 17.5. The number of pyridine rings is 1. The van der Waals surface area contributed by atoms with E-state index in [0.717, 1.165) is 10.5 Å². The largest absolute Gasteiger partial charge is 0.443 e. The number of carbonyl (C=O) groups is 3. The zero-order chi connectivity index (χ0) is 27.2. The number of fused-ring (bicyclic) bond motifs is 1. The molecule has 0 saturated heterocycles. The van der Waals surface area contributed by atoms with Gasteiger partial charge in [-0.05, 0) is 38.5 Å². The minimum absolute atomic E-state index is 0. The molecule has 2 heterocycles. The molecule has 2 aromatic heterocycles. The lowest BCUT2D eigenvalue weighted by Crippen LogP contribution is -2.51. The molecule has 3 amide bonds. The molecular weight excluding hydrogens is 490 g/mol. The Balaban J connectivity index is 0.00000507. The highest BCUT2D eigenvalue weighted by molar-refractivity contribution is 5.85. The van der Waals surface area contributed by atoms with Gasteiger partial charge in [-0.3, -0.25) is 18.9 Å². The molecule has 0 radical (unpaired) electrons. The van der Waals surface area contributed by atoms with Crippen molar-refractivity contribution in [2.75, 3.05) is 13.7 Å². The molecule has 12 heteroatoms. The maximum atomic E-state index is 12.8. The van der Waals surface area contributed by atoms with Gasteiger partial charge in [0.1, 0.15) is 18.7 Å². The van der Waals surface area contributed by atoms with Crippen molar-refractivity contribution < 1.29 is 23.9 Å². The van der Waals surface area contributed by atoms with Gasteiger partial charge in [0.15, 0.2) is 11.5 Å². The van der Waals surface area contributed by atoms with Gasteiger partial charge in [0.2, 0.25) is 11.8 Å². The van der Waals surface area contributed by atoms with E-state index in [1.54, 1.807) is 36.4 Å². The van der Waals surface area contributed by atoms with Gasteiger partial charge in [0.05, 0.1) is 24.4 Å². The molecule has 0 saturated carbocycles. The van der Waals surface area contributed by atoms with Gasteiger partial charge in [0, 0.05) is 7.05 Å². The first kappa shape index (κ1) is 30.2. The maximum absolute atomic E-state index is 12.8. The topological polar surface area (TPSA) is 167 Å². The Morgan fingerprint density at radius 1 is 1.08 bits per heavy atom. The van der Waals surface area contributed by atoms with Crippen LogP contribution in [0.5, 0.6) is 0 Å². The van der Waals surface area contributed by atoms with Gasteiger partial charge in [-0.15, -0.1) is 10.2 Å². The fourth-order valence-corrected chi connectivity index (χ4v) is 3.35. The summed E-state index contributed by atoms with van der Waals surface area (Å²) in [5, 5.41) is 11.4. The number of ether oxygens (including phenoxy) is 2. The zero-order valence-electron chi connectivity index (χ0n) is 21.4. The minimum Gasteiger partial charge on any atom is -0.443 e. The maximum Gasteiger partial charge on any atom is 0.410 e. The van der Waals surface area contributed by atoms with E-state index in [2.05, 4.69) is 15.5 Å². The highest BCUT2D eigenvalue weighted by Gasteiger charge is 2.29. The van der Waals surface area contributed by atoms with Gasteiger partial charge >= 0.3 is 6.09 Å². The Bertz CT molecular complexity index is 1240. The number of nitrogens with zero attached hydrogens (tertiary/aromatic N) is 4. The van der Waals surface area contributed by atoms with Crippen molar-refractivity contribution in [2.24, 2.45) is 11.5 Å². The smallest absolute Gasteiger partial charge is 0.410 e. The average molecular weight is 528 g/mol. The molecule has 0 bridgehead atoms. The van der Waals surface area contributed by atoms with Gasteiger partial charge in [0.25, 0.3) is 0 Å². The van der Waals surface area contributed by atoms with Crippen LogP contribution in [0.1, 0.15) is 51.3 Å². The predicted octanol–water partition coefficient (Wildman–Crippen LogP) is 1.92. The summed E-state index contributed by atoms with van der Waals surface area (Å²) in [6.45, 7) is 4.96. The third-order valence-corrected chi connectivity index (χ3v) is 5.76. The van der Waals surface area contributed by atoms with E-state index in [0.29, 0.717) is 23.8 Å². The number of rotatable bonds is 11. The quantitative estimate of drug-likeness (QED) is 0.340. The van der Waals surface area contributed by atoms with Crippen LogP contribution in [0.4, 0.5) is 4.79 Å². The second-order valence-electron chi connectivity index (χ2n) is 9.26. The van der Waals surface area contributed by atoms with Crippen LogP contribution < -0.4 is 16.8 Å². The standard InChI is InChI=1S/C25H33N7O5.CH4/c1-16(21(26)33)31(4)24(35)37-14-18-11-8-12-20-29-30-22(32(18)20)19(28-23(34)25(2,3)27)15-36-13-17-9-6-5-7-10-17;/h5-12,16,19H,13-15,27H2,1-4H3,(H2,26,33)(H,28,34);1H4/t16-,19-;/m1./s1. The summed E-state index contributed by atoms with van der Waals surface area (Å²) in [6, 6.07) is 13.3. The fourth-order valence-electron chi connectivity index (χ4n) is 3.35. The van der Waals surface area contributed by atoms with Crippen LogP contribution in [0.2, 0.25) is 0 Å². The van der Waals surface area contributed by atoms with E-state index in [1.807, 2.05) is 30.3 Å². The van der Waals surface area contributed by atoms with Gasteiger partial charge < -0.3 is 26.3 Å². The molecule has 1 aromatic carbocycles. The monoisotopic (exact) mass is 527 g/mol. The molecule has 3 rings (SSSR count). The summed E-state index contributed by atoms with van der Waals surface area (Å²) in [4.78, 5) is 37.7. The highest BCUT2D eigenvalue weighted by Crippen LogP contribution is 2.19. The third-order valence-electron chi connectivity index (χ3n) is 5.76. The predicted molar refractivity (Wildman–Crippen MR) is 142 cm³/mol. The van der Waals surface area contributed by atoms with Crippen LogP contribution in [0, 0.1) is 0 Å². The van der Waals surface area contributed by atoms with Crippen LogP contribution in [0.3, 0.4) is 0 Å². The highest BCUT2D eigenvalue weighted by atomic mass is 16.6. The van der Waals surface area contributed by atoms with Crippen molar-refractivity contribution in [3.8, 4) is 0 Å². The number of aromatic nitrogens is 3. The molecule has 0 spiro atoms. The van der Waals surface area contributed by atoms with Crippen LogP contribution in [0.15, 0.2) is 48.5 Å². The van der Waals surface area contributed by atoms with Crippen LogP contribution >= 0.6 is 0 Å². The van der Waals surface area contributed by atoms with Crippen molar-refractivity contribution in [3.63, 3.8) is 0 Å². The molecule has 0 fully saturated rings. The summed E-state index contributed by atoms with van der Waals surface area (Å²) in [7, 11) is 1.42. The van der Waals surface area contributed by atoms with Gasteiger partial charge in [-0.25, -0.2) is 4.79 Å². The SMILES string of the molecule is C.C[C@H](C(N)=O)N(C)C(=O)OCc1cccc2nnc([C@@H](COCc3ccccc3)NC(=O)C(C)(C)N)n12. The zero-order valence-corrected chi connectivity index (χ0v) is 21.4. The molecule has 2 atom stereocenters. The van der Waals surface area contributed by atoms with E-state index in [-0.39, 0.29) is 20.6 Å². The number of carbonyl (C=O) groups excluding carboxylic acids is 3. The summed E-state index contributed by atoms with van der Waals surface area (Å²) in [5.41, 5.74) is 12.1. The number of hydrogen-bond donors (Lipinski definition) is 3. The number of hydrogen-bond acceptors (Lipinski definition) is 8. The number of nitrogens with one attached hydrogen (secondary N) is 1. The second kappa shape index (κ2) is 13.0. The van der Waals surface area contributed by atoms with Gasteiger partial charge in [-0.1, -0.05) is 43.8 Å². The summed E-state index contributed by atoms with van der Waals surface area (Å²) in [6.07, 6.45) is -0.723. The molecule has 206 valence electrons. The summed E-state index contributed by atoms with van der Waals surface area (Å²) in [5.74, 6) is -0.672. The Morgan fingerprint density at radius 2 is 1.76 bits per heavy atom. The first-order valence-electron chi connectivity index (χ1n) is 11.7. The Kier molecular flexibility index (Phi) is 10.3. The first-order valence-corrected chi connectivity index (χ1v) is 11.7. The van der Waals surface area contributed by atoms with Crippen molar-refractivity contribution in [1.82, 2.24) is 24.8 Å². The minimum atomic E-state index is -1.14. The molecule has 0 aliphatic carbocycles. The summed E-state index contributed by atoms with van der Waals surface area (Å²) < 4.78 is 13.0. The number of amides is 3. The molecule has 0 unspecified atom stereocenters. The van der Waals surface area contributed by atoms with Crippen molar-refractivity contribution in [2.45, 2.75) is 59.0 Å². The van der Waals surface area contributed by atoms with E-state index in [9.17, 15) is 14.4 Å². The lowest BCUT2D eigenvalue weighted by molar-refractivity contribution is -0.126. The fraction of sp³-hybridized carbons (Fsp3) is 0.423. The lowest BCUT2D eigenvalue weighted by Gasteiger charge is -2.24. The molecule has 38 heavy (non-hydrogen) atoms. The average Bonchev–Trinajstić information content (AvgIpc) is 3.30. The molecule has 3 aromatic rings. The Hall–Kier alpha value is -4.03. The van der Waals surface area contributed by atoms with Crippen molar-refractivity contribution in [1.29, 1.82) is 0 Å². The Labute approximate surface area is 222 Å². The van der Waals surface area contributed by atoms with Crippen LogP contribution in [-0.2, 0) is 32.3 Å². The van der Waals surface area contributed by atoms with E-state index < -0.39 is 35.5 Å². The second-order valence-corrected chi connectivity index (χ2v) is 9.26. The van der Waals surface area contributed by atoms with Crippen LogP contribution in [-0.4, -0.2) is 62.6 Å².